The Hall–Kier alpha value is -0.550. The quantitative estimate of drug-likeness (QED) is 0.777. The van der Waals surface area contributed by atoms with E-state index < -0.39 is 0 Å². The van der Waals surface area contributed by atoms with Gasteiger partial charge in [0.2, 0.25) is 0 Å². The van der Waals surface area contributed by atoms with E-state index in [4.69, 9.17) is 34.8 Å². The summed E-state index contributed by atoms with van der Waals surface area (Å²) in [7, 11) is 0. The van der Waals surface area contributed by atoms with Crippen molar-refractivity contribution in [3.8, 4) is 0 Å². The van der Waals surface area contributed by atoms with Gasteiger partial charge >= 0.3 is 0 Å². The topological polar surface area (TPSA) is 37.8 Å². The molecule has 2 rings (SSSR count). The van der Waals surface area contributed by atoms with Crippen LogP contribution in [0.4, 0.5) is 11.5 Å². The number of halogens is 4. The van der Waals surface area contributed by atoms with E-state index in [0.29, 0.717) is 26.6 Å². The van der Waals surface area contributed by atoms with Gasteiger partial charge in [-0.3, -0.25) is 0 Å². The normalized spacial score (nSPS) is 10.4. The zero-order valence-electron chi connectivity index (χ0n) is 8.22. The van der Waals surface area contributed by atoms with Gasteiger partial charge in [-0.1, -0.05) is 34.8 Å². The molecule has 1 aromatic heterocycles. The van der Waals surface area contributed by atoms with Crippen molar-refractivity contribution in [2.24, 2.45) is 0 Å². The van der Waals surface area contributed by atoms with Crippen molar-refractivity contribution in [2.75, 3.05) is 5.32 Å². The molecule has 0 unspecified atom stereocenters. The van der Waals surface area contributed by atoms with E-state index >= 15 is 0 Å². The van der Waals surface area contributed by atoms with Crippen molar-refractivity contribution in [1.29, 1.82) is 0 Å². The molecule has 1 aromatic carbocycles. The number of anilines is 2. The van der Waals surface area contributed by atoms with Gasteiger partial charge in [0.05, 0.1) is 25.2 Å². The van der Waals surface area contributed by atoms with Crippen LogP contribution in [0.3, 0.4) is 0 Å². The van der Waals surface area contributed by atoms with Gasteiger partial charge < -0.3 is 5.32 Å². The maximum Gasteiger partial charge on any atom is 0.148 e. The van der Waals surface area contributed by atoms with Gasteiger partial charge in [0, 0.05) is 6.20 Å². The van der Waals surface area contributed by atoms with Crippen molar-refractivity contribution in [2.45, 2.75) is 0 Å². The molecule has 7 heteroatoms. The minimum Gasteiger partial charge on any atom is -0.338 e. The molecule has 3 nitrogen and oxygen atoms in total. The molecule has 88 valence electrons. The monoisotopic (exact) mass is 351 g/mol. The van der Waals surface area contributed by atoms with Crippen LogP contribution in [0.15, 0.2) is 29.1 Å². The van der Waals surface area contributed by atoms with E-state index in [-0.39, 0.29) is 0 Å². The molecule has 0 fully saturated rings. The second kappa shape index (κ2) is 5.40. The van der Waals surface area contributed by atoms with Crippen molar-refractivity contribution in [3.05, 3.63) is 44.2 Å². The van der Waals surface area contributed by atoms with Crippen molar-refractivity contribution >= 4 is 62.2 Å². The van der Waals surface area contributed by atoms with Crippen LogP contribution in [0.25, 0.3) is 0 Å². The van der Waals surface area contributed by atoms with E-state index in [1.807, 2.05) is 0 Å². The summed E-state index contributed by atoms with van der Waals surface area (Å²) in [5, 5.41) is 4.32. The minimum atomic E-state index is 0.406. The van der Waals surface area contributed by atoms with Crippen LogP contribution in [0.1, 0.15) is 0 Å². The molecule has 0 spiro atoms. The molecule has 0 saturated heterocycles. The third kappa shape index (κ3) is 3.01. The molecule has 0 radical (unpaired) electrons. The van der Waals surface area contributed by atoms with Crippen LogP contribution in [0, 0.1) is 0 Å². The number of benzene rings is 1. The van der Waals surface area contributed by atoms with E-state index in [9.17, 15) is 0 Å². The Bertz CT molecular complexity index is 562. The summed E-state index contributed by atoms with van der Waals surface area (Å²) in [6, 6.07) is 3.21. The molecular weight excluding hydrogens is 348 g/mol. The third-order valence-electron chi connectivity index (χ3n) is 1.93. The summed E-state index contributed by atoms with van der Waals surface area (Å²) in [6.07, 6.45) is 3.05. The maximum absolute atomic E-state index is 6.04. The number of rotatable bonds is 2. The Morgan fingerprint density at radius 1 is 1.06 bits per heavy atom. The molecule has 0 amide bonds. The van der Waals surface area contributed by atoms with Crippen molar-refractivity contribution in [1.82, 2.24) is 9.97 Å². The number of aromatic nitrogens is 2. The maximum atomic E-state index is 6.04. The Kier molecular flexibility index (Phi) is 4.09. The smallest absolute Gasteiger partial charge is 0.148 e. The molecule has 0 atom stereocenters. The predicted molar refractivity (Wildman–Crippen MR) is 74.5 cm³/mol. The highest BCUT2D eigenvalue weighted by Crippen LogP contribution is 2.34. The van der Waals surface area contributed by atoms with Gasteiger partial charge in [-0.25, -0.2) is 9.97 Å². The largest absolute Gasteiger partial charge is 0.338 e. The van der Waals surface area contributed by atoms with Crippen molar-refractivity contribution < 1.29 is 0 Å². The first kappa shape index (κ1) is 12.9. The lowest BCUT2D eigenvalue weighted by Gasteiger charge is -2.09. The van der Waals surface area contributed by atoms with Gasteiger partial charge in [0.25, 0.3) is 0 Å². The minimum absolute atomic E-state index is 0.406. The summed E-state index contributed by atoms with van der Waals surface area (Å²) >= 11 is 21.1. The first-order chi connectivity index (χ1) is 8.08. The van der Waals surface area contributed by atoms with Gasteiger partial charge in [-0.15, -0.1) is 0 Å². The van der Waals surface area contributed by atoms with Gasteiger partial charge in [-0.05, 0) is 28.1 Å². The van der Waals surface area contributed by atoms with Gasteiger partial charge in [0.15, 0.2) is 0 Å². The van der Waals surface area contributed by atoms with Crippen LogP contribution < -0.4 is 5.32 Å². The van der Waals surface area contributed by atoms with E-state index in [0.717, 1.165) is 4.47 Å². The molecule has 0 aliphatic heterocycles. The fraction of sp³-hybridized carbons (Fsp3) is 0. The number of hydrogen-bond donors (Lipinski definition) is 1. The second-order valence-electron chi connectivity index (χ2n) is 3.09. The van der Waals surface area contributed by atoms with Gasteiger partial charge in [-0.2, -0.15) is 0 Å². The standard InChI is InChI=1S/C10H5BrCl3N3/c11-5-3-15-4-16-10(5)17-9-2-7(13)6(12)1-8(9)14/h1-4H,(H,15,16,17). The third-order valence-corrected chi connectivity index (χ3v) is 3.55. The van der Waals surface area contributed by atoms with Crippen LogP contribution in [-0.2, 0) is 0 Å². The first-order valence-electron chi connectivity index (χ1n) is 4.45. The fourth-order valence-electron chi connectivity index (χ4n) is 1.15. The lowest BCUT2D eigenvalue weighted by molar-refractivity contribution is 1.15. The van der Waals surface area contributed by atoms with E-state index in [2.05, 4.69) is 31.2 Å². The predicted octanol–water partition coefficient (Wildman–Crippen LogP) is 4.94. The molecule has 17 heavy (non-hydrogen) atoms. The zero-order valence-corrected chi connectivity index (χ0v) is 12.1. The average molecular weight is 353 g/mol. The number of hydrogen-bond acceptors (Lipinski definition) is 3. The summed E-state index contributed by atoms with van der Waals surface area (Å²) in [6.45, 7) is 0. The Morgan fingerprint density at radius 3 is 2.47 bits per heavy atom. The highest BCUT2D eigenvalue weighted by Gasteiger charge is 2.08. The highest BCUT2D eigenvalue weighted by atomic mass is 79.9. The summed E-state index contributed by atoms with van der Waals surface area (Å²) in [5.41, 5.74) is 0.625. The molecule has 1 heterocycles. The van der Waals surface area contributed by atoms with Crippen LogP contribution in [0.2, 0.25) is 15.1 Å². The Morgan fingerprint density at radius 2 is 1.76 bits per heavy atom. The molecule has 1 N–H and O–H groups in total. The zero-order chi connectivity index (χ0) is 12.4. The van der Waals surface area contributed by atoms with Crippen molar-refractivity contribution in [3.63, 3.8) is 0 Å². The lowest BCUT2D eigenvalue weighted by atomic mass is 10.3. The average Bonchev–Trinajstić information content (AvgIpc) is 2.29. The Balaban J connectivity index is 2.37. The summed E-state index contributed by atoms with van der Waals surface area (Å²) in [4.78, 5) is 7.93. The second-order valence-corrected chi connectivity index (χ2v) is 5.17. The summed E-state index contributed by atoms with van der Waals surface area (Å²) in [5.74, 6) is 0.597. The highest BCUT2D eigenvalue weighted by molar-refractivity contribution is 9.10. The first-order valence-corrected chi connectivity index (χ1v) is 6.37. The molecule has 0 saturated carbocycles. The number of nitrogens with one attached hydrogen (secondary N) is 1. The fourth-order valence-corrected chi connectivity index (χ4v) is 2.06. The Labute approximate surface area is 121 Å². The van der Waals surface area contributed by atoms with E-state index in [1.165, 1.54) is 6.33 Å². The molecule has 2 aromatic rings. The lowest BCUT2D eigenvalue weighted by Crippen LogP contribution is -1.96. The van der Waals surface area contributed by atoms with Crippen LogP contribution in [-0.4, -0.2) is 9.97 Å². The SMILES string of the molecule is Clc1cc(Cl)c(Nc2ncncc2Br)cc1Cl. The molecule has 0 bridgehead atoms. The molecule has 0 aliphatic rings. The molecule has 0 aliphatic carbocycles. The van der Waals surface area contributed by atoms with Gasteiger partial charge in [0.1, 0.15) is 12.1 Å². The summed E-state index contributed by atoms with van der Waals surface area (Å²) < 4.78 is 0.724. The van der Waals surface area contributed by atoms with Crippen LogP contribution in [0.5, 0.6) is 0 Å². The number of nitrogens with zero attached hydrogens (tertiary/aromatic N) is 2. The van der Waals surface area contributed by atoms with Crippen LogP contribution >= 0.6 is 50.7 Å². The van der Waals surface area contributed by atoms with E-state index in [1.54, 1.807) is 18.3 Å². The molecular formula is C10H5BrCl3N3.